The largest absolute Gasteiger partial charge is 0.462 e. The molecule has 26 atom stereocenters. The summed E-state index contributed by atoms with van der Waals surface area (Å²) in [5.74, 6) is -1.91. The van der Waals surface area contributed by atoms with Crippen LogP contribution in [0.15, 0.2) is 24.3 Å². The maximum Gasteiger partial charge on any atom is 0.314 e. The van der Waals surface area contributed by atoms with Crippen molar-refractivity contribution in [3.05, 3.63) is 24.3 Å². The van der Waals surface area contributed by atoms with Gasteiger partial charge in [0.05, 0.1) is 37.3 Å². The lowest BCUT2D eigenvalue weighted by atomic mass is 9.33. The lowest BCUT2D eigenvalue weighted by molar-refractivity contribution is -0.361. The van der Waals surface area contributed by atoms with Crippen LogP contribution in [-0.4, -0.2) is 181 Å². The van der Waals surface area contributed by atoms with Crippen LogP contribution in [-0.2, 0) is 42.7 Å². The van der Waals surface area contributed by atoms with Gasteiger partial charge in [0.2, 0.25) is 6.29 Å². The number of aliphatic hydroxyl groups excluding tert-OH is 10. The van der Waals surface area contributed by atoms with E-state index in [9.17, 15) is 55.9 Å². The summed E-state index contributed by atoms with van der Waals surface area (Å²) in [5, 5.41) is 108. The molecule has 0 spiro atoms. The minimum Gasteiger partial charge on any atom is -0.462 e. The van der Waals surface area contributed by atoms with Crippen molar-refractivity contribution in [3.8, 4) is 0 Å². The zero-order valence-corrected chi connectivity index (χ0v) is 39.3. The first-order valence-electron chi connectivity index (χ1n) is 24.1. The number of fused-ring (bicyclic) bond motifs is 4. The summed E-state index contributed by atoms with van der Waals surface area (Å²) < 4.78 is 41.0. The van der Waals surface area contributed by atoms with Crippen molar-refractivity contribution in [2.75, 3.05) is 13.2 Å². The second-order valence-corrected chi connectivity index (χ2v) is 22.1. The Morgan fingerprint density at radius 2 is 1.37 bits per heavy atom. The van der Waals surface area contributed by atoms with Gasteiger partial charge in [0, 0.05) is 11.3 Å². The number of allylic oxidation sites excluding steroid dienone is 2. The molecule has 0 aromatic rings. The highest BCUT2D eigenvalue weighted by atomic mass is 16.8. The monoisotopic (exact) mass is 954 g/mol. The topological polar surface area (TPSA) is 301 Å². The fourth-order valence-corrected chi connectivity index (χ4v) is 15.0. The lowest BCUT2D eigenvalue weighted by Crippen LogP contribution is -2.69. The highest BCUT2D eigenvalue weighted by Crippen LogP contribution is 2.77. The fraction of sp³-hybridized carbons (Fsp3) is 0.875. The van der Waals surface area contributed by atoms with Crippen LogP contribution in [0.5, 0.6) is 0 Å². The van der Waals surface area contributed by atoms with E-state index in [2.05, 4.69) is 33.9 Å². The molecule has 19 heteroatoms. The van der Waals surface area contributed by atoms with E-state index in [1.54, 1.807) is 0 Å². The van der Waals surface area contributed by atoms with Gasteiger partial charge in [-0.3, -0.25) is 9.59 Å². The number of hydrogen-bond donors (Lipinski definition) is 10. The molecule has 4 saturated heterocycles. The summed E-state index contributed by atoms with van der Waals surface area (Å²) in [6.45, 7) is 19.3. The van der Waals surface area contributed by atoms with Gasteiger partial charge in [-0.1, -0.05) is 45.1 Å². The average Bonchev–Trinajstić information content (AvgIpc) is 3.64. The van der Waals surface area contributed by atoms with Gasteiger partial charge >= 0.3 is 11.9 Å². The van der Waals surface area contributed by atoms with Gasteiger partial charge in [-0.25, -0.2) is 0 Å². The van der Waals surface area contributed by atoms with Crippen molar-refractivity contribution < 1.29 is 93.8 Å². The summed E-state index contributed by atoms with van der Waals surface area (Å²) in [6, 6.07) is 0. The van der Waals surface area contributed by atoms with Gasteiger partial charge in [-0.15, -0.1) is 0 Å². The van der Waals surface area contributed by atoms with Gasteiger partial charge in [-0.2, -0.15) is 0 Å². The highest BCUT2D eigenvalue weighted by Gasteiger charge is 2.75. The molecule has 4 aliphatic heterocycles. The van der Waals surface area contributed by atoms with Crippen molar-refractivity contribution >= 4 is 11.9 Å². The molecular formula is C48H74O19. The zero-order valence-electron chi connectivity index (χ0n) is 39.3. The van der Waals surface area contributed by atoms with Crippen LogP contribution in [0.3, 0.4) is 0 Å². The number of hydrogen-bond acceptors (Lipinski definition) is 19. The Kier molecular flexibility index (Phi) is 14.1. The predicted molar refractivity (Wildman–Crippen MR) is 230 cm³/mol. The summed E-state index contributed by atoms with van der Waals surface area (Å²) in [7, 11) is 0. The molecule has 4 heterocycles. The minimum absolute atomic E-state index is 0.0263. The SMILES string of the molecule is C=C(C)[C@@H]1CC[C@]2(C(=O)O[C@@H]3O[C@H](CO[C@@H]4O[C@H](CO)[C@@H](O[C@H]5O[C@H](C)[C@@H](O)[C@H](O)[C@@H]5O)[C@H](O)[C@H]4O)[C@@H](O)[C@H](O)[C@H]3O)CC[C@]3(C)C(C[C@H]4OC(=O)C[C@@H](O)[C@]5(C)C4[C@@]3(C)CC[C@H]5C(=C)C)C12. The van der Waals surface area contributed by atoms with Crippen LogP contribution in [0.25, 0.3) is 0 Å². The maximum atomic E-state index is 15.0. The summed E-state index contributed by atoms with van der Waals surface area (Å²) >= 11 is 0. The summed E-state index contributed by atoms with van der Waals surface area (Å²) in [5.41, 5.74) is -0.717. The molecule has 19 nitrogen and oxygen atoms in total. The van der Waals surface area contributed by atoms with Gasteiger partial charge in [0.1, 0.15) is 73.2 Å². The van der Waals surface area contributed by atoms with E-state index in [1.807, 2.05) is 13.8 Å². The van der Waals surface area contributed by atoms with E-state index in [0.717, 1.165) is 24.0 Å². The molecule has 0 amide bonds. The molecule has 0 radical (unpaired) electrons. The Hall–Kier alpha value is -2.18. The van der Waals surface area contributed by atoms with Crippen LogP contribution in [0, 0.1) is 51.2 Å². The number of aliphatic hydroxyl groups is 10. The number of carbonyl (C=O) groups excluding carboxylic acids is 2. The third kappa shape index (κ3) is 7.98. The first-order valence-corrected chi connectivity index (χ1v) is 24.1. The first kappa shape index (κ1) is 51.2. The van der Waals surface area contributed by atoms with E-state index in [4.69, 9.17) is 33.2 Å². The zero-order chi connectivity index (χ0) is 49.0. The predicted octanol–water partition coefficient (Wildman–Crippen LogP) is -0.294. The molecule has 4 saturated carbocycles. The van der Waals surface area contributed by atoms with E-state index in [1.165, 1.54) is 6.92 Å². The van der Waals surface area contributed by atoms with Gasteiger partial charge in [0.15, 0.2) is 12.6 Å². The van der Waals surface area contributed by atoms with Crippen LogP contribution in [0.4, 0.5) is 0 Å². The molecule has 0 bridgehead atoms. The van der Waals surface area contributed by atoms with Gasteiger partial charge in [-0.05, 0) is 100 Å². The van der Waals surface area contributed by atoms with Crippen molar-refractivity contribution in [3.63, 3.8) is 0 Å². The number of ether oxygens (including phenoxy) is 7. The second-order valence-electron chi connectivity index (χ2n) is 22.1. The third-order valence-electron chi connectivity index (χ3n) is 18.8. The van der Waals surface area contributed by atoms with E-state index in [-0.39, 0.29) is 41.4 Å². The molecule has 10 N–H and O–H groups in total. The van der Waals surface area contributed by atoms with Gasteiger partial charge < -0.3 is 84.2 Å². The molecule has 0 aromatic heterocycles. The molecule has 0 aromatic carbocycles. The van der Waals surface area contributed by atoms with E-state index < -0.39 is 146 Å². The fourth-order valence-electron chi connectivity index (χ4n) is 15.0. The normalized spacial score (nSPS) is 54.1. The number of esters is 2. The first-order chi connectivity index (χ1) is 31.4. The summed E-state index contributed by atoms with van der Waals surface area (Å²) in [4.78, 5) is 28.5. The highest BCUT2D eigenvalue weighted by molar-refractivity contribution is 5.78. The van der Waals surface area contributed by atoms with Crippen LogP contribution >= 0.6 is 0 Å². The van der Waals surface area contributed by atoms with Crippen LogP contribution in [0.2, 0.25) is 0 Å². The Morgan fingerprint density at radius 3 is 2.03 bits per heavy atom. The van der Waals surface area contributed by atoms with Gasteiger partial charge in [0.25, 0.3) is 0 Å². The van der Waals surface area contributed by atoms with E-state index >= 15 is 4.79 Å². The lowest BCUT2D eigenvalue weighted by Gasteiger charge is -2.71. The smallest absolute Gasteiger partial charge is 0.314 e. The van der Waals surface area contributed by atoms with E-state index in [0.29, 0.717) is 32.1 Å². The molecule has 380 valence electrons. The molecule has 8 fully saturated rings. The minimum atomic E-state index is -1.89. The second kappa shape index (κ2) is 18.5. The van der Waals surface area contributed by atoms with Crippen LogP contribution < -0.4 is 0 Å². The van der Waals surface area contributed by atoms with Crippen molar-refractivity contribution in [2.24, 2.45) is 51.2 Å². The molecule has 8 aliphatic rings. The van der Waals surface area contributed by atoms with Crippen LogP contribution in [0.1, 0.15) is 92.9 Å². The Morgan fingerprint density at radius 1 is 0.731 bits per heavy atom. The average molecular weight is 955 g/mol. The number of carbonyl (C=O) groups is 2. The maximum absolute atomic E-state index is 15.0. The Labute approximate surface area is 391 Å². The molecule has 67 heavy (non-hydrogen) atoms. The van der Waals surface area contributed by atoms with Crippen molar-refractivity contribution in [1.29, 1.82) is 0 Å². The molecular weight excluding hydrogens is 881 g/mol. The standard InChI is InChI=1S/C48H74O19/c1-19(2)22-9-12-48(14-13-45(6)24(30(22)48)15-25-40-46(45,7)11-10-23(20(3)4)47(40,8)28(50)16-29(51)63-25)44(60)67-43-37(58)34(55)32(53)27(65-43)18-61-41-38(59)35(56)39(26(17-49)64-41)66-42-36(57)33(54)31(52)21(5)62-42/h21-28,30-43,49-50,52-59H,1,3,9-18H2,2,4-8H3/t21-,22+,23+,24?,25-,26-,27-,28-,30?,31-,32-,33+,34+,35-,36+,37-,38-,39-,40?,41-,42-,43+,45-,46-,47-,48+/m1/s1. The van der Waals surface area contributed by atoms with Crippen molar-refractivity contribution in [1.82, 2.24) is 0 Å². The molecule has 8 rings (SSSR count). The quantitative estimate of drug-likeness (QED) is 0.0994. The number of rotatable bonds is 10. The summed E-state index contributed by atoms with van der Waals surface area (Å²) in [6.07, 6.45) is -22.1. The third-order valence-corrected chi connectivity index (χ3v) is 18.8. The van der Waals surface area contributed by atoms with Crippen molar-refractivity contribution in [2.45, 2.75) is 197 Å². The Balaban J connectivity index is 0.998. The Bertz CT molecular complexity index is 1880. The molecule has 3 unspecified atom stereocenters. The molecule has 4 aliphatic carbocycles.